The summed E-state index contributed by atoms with van der Waals surface area (Å²) in [4.78, 5) is 18.7. The van der Waals surface area contributed by atoms with Crippen LogP contribution in [0, 0.1) is 20.8 Å². The van der Waals surface area contributed by atoms with Crippen LogP contribution in [0.1, 0.15) is 47.5 Å². The molecule has 0 aliphatic carbocycles. The number of likely N-dealkylation sites (tertiary alicyclic amines) is 1. The highest BCUT2D eigenvalue weighted by Crippen LogP contribution is 2.32. The van der Waals surface area contributed by atoms with Crippen LogP contribution in [0.25, 0.3) is 0 Å². The zero-order chi connectivity index (χ0) is 18.0. The first kappa shape index (κ1) is 17.6. The van der Waals surface area contributed by atoms with E-state index in [4.69, 9.17) is 4.52 Å². The molecule has 1 N–H and O–H groups in total. The standard InChI is InChI=1S/C19H25N3O3/c1-13-4-6-17(20-12-13)19(24)8-10-22(11-9-19)18(23)7-5-16-14(2)21-25-15(16)3/h4,6,12,24H,5,7-11H2,1-3H3. The van der Waals surface area contributed by atoms with Crippen LogP contribution in [0.3, 0.4) is 0 Å². The van der Waals surface area contributed by atoms with E-state index < -0.39 is 5.60 Å². The highest BCUT2D eigenvalue weighted by molar-refractivity contribution is 5.76. The van der Waals surface area contributed by atoms with Gasteiger partial charge in [0.25, 0.3) is 0 Å². The Morgan fingerprint density at radius 3 is 2.56 bits per heavy atom. The Kier molecular flexibility index (Phi) is 4.90. The first-order chi connectivity index (χ1) is 11.9. The van der Waals surface area contributed by atoms with Gasteiger partial charge in [0.05, 0.1) is 11.4 Å². The van der Waals surface area contributed by atoms with Crippen LogP contribution in [0.5, 0.6) is 0 Å². The molecule has 6 nitrogen and oxygen atoms in total. The molecule has 6 heteroatoms. The third kappa shape index (κ3) is 3.74. The maximum atomic E-state index is 12.5. The number of hydrogen-bond donors (Lipinski definition) is 1. The number of aryl methyl sites for hydroxylation is 3. The zero-order valence-corrected chi connectivity index (χ0v) is 15.1. The molecule has 25 heavy (non-hydrogen) atoms. The fraction of sp³-hybridized carbons (Fsp3) is 0.526. The molecule has 1 saturated heterocycles. The summed E-state index contributed by atoms with van der Waals surface area (Å²) in [5.41, 5.74) is 2.70. The number of carbonyl (C=O) groups is 1. The summed E-state index contributed by atoms with van der Waals surface area (Å²) in [6, 6.07) is 3.84. The minimum absolute atomic E-state index is 0.110. The van der Waals surface area contributed by atoms with Crippen LogP contribution >= 0.6 is 0 Å². The van der Waals surface area contributed by atoms with Crippen LogP contribution in [0.2, 0.25) is 0 Å². The van der Waals surface area contributed by atoms with E-state index in [2.05, 4.69) is 10.1 Å². The summed E-state index contributed by atoms with van der Waals surface area (Å²) in [5, 5.41) is 14.8. The third-order valence-electron chi connectivity index (χ3n) is 5.10. The molecule has 3 rings (SSSR count). The fourth-order valence-electron chi connectivity index (χ4n) is 3.37. The lowest BCUT2D eigenvalue weighted by molar-refractivity contribution is -0.135. The average Bonchev–Trinajstić information content (AvgIpc) is 2.92. The van der Waals surface area contributed by atoms with Gasteiger partial charge in [-0.3, -0.25) is 9.78 Å². The van der Waals surface area contributed by atoms with Crippen molar-refractivity contribution < 1.29 is 14.4 Å². The quantitative estimate of drug-likeness (QED) is 0.922. The summed E-state index contributed by atoms with van der Waals surface area (Å²) in [7, 11) is 0. The molecule has 0 unspecified atom stereocenters. The van der Waals surface area contributed by atoms with Gasteiger partial charge in [0.2, 0.25) is 5.91 Å². The molecule has 1 aliphatic heterocycles. The molecule has 3 heterocycles. The molecule has 2 aromatic rings. The molecule has 134 valence electrons. The van der Waals surface area contributed by atoms with Crippen molar-refractivity contribution in [1.29, 1.82) is 0 Å². The van der Waals surface area contributed by atoms with Gasteiger partial charge in [-0.2, -0.15) is 0 Å². The van der Waals surface area contributed by atoms with Gasteiger partial charge in [-0.25, -0.2) is 0 Å². The number of carbonyl (C=O) groups excluding carboxylic acids is 1. The van der Waals surface area contributed by atoms with Crippen LogP contribution < -0.4 is 0 Å². The smallest absolute Gasteiger partial charge is 0.222 e. The third-order valence-corrected chi connectivity index (χ3v) is 5.10. The SMILES string of the molecule is Cc1ccc(C2(O)CCN(C(=O)CCc3c(C)noc3C)CC2)nc1. The second-order valence-electron chi connectivity index (χ2n) is 6.94. The Balaban J connectivity index is 1.56. The number of rotatable bonds is 4. The number of pyridine rings is 1. The van der Waals surface area contributed by atoms with Crippen molar-refractivity contribution in [2.24, 2.45) is 0 Å². The molecule has 2 aromatic heterocycles. The lowest BCUT2D eigenvalue weighted by Gasteiger charge is -2.38. The van der Waals surface area contributed by atoms with E-state index in [0.29, 0.717) is 44.5 Å². The molecule has 1 aliphatic rings. The van der Waals surface area contributed by atoms with Crippen molar-refractivity contribution in [3.63, 3.8) is 0 Å². The second kappa shape index (κ2) is 6.96. The largest absolute Gasteiger partial charge is 0.383 e. The van der Waals surface area contributed by atoms with E-state index in [9.17, 15) is 9.90 Å². The van der Waals surface area contributed by atoms with E-state index in [1.807, 2.05) is 37.8 Å². The van der Waals surface area contributed by atoms with E-state index in [1.165, 1.54) is 0 Å². The summed E-state index contributed by atoms with van der Waals surface area (Å²) < 4.78 is 5.14. The normalized spacial score (nSPS) is 16.9. The lowest BCUT2D eigenvalue weighted by Crippen LogP contribution is -2.45. The Bertz CT molecular complexity index is 724. The van der Waals surface area contributed by atoms with Crippen molar-refractivity contribution >= 4 is 5.91 Å². The highest BCUT2D eigenvalue weighted by atomic mass is 16.5. The molecule has 0 aromatic carbocycles. The molecule has 0 bridgehead atoms. The van der Waals surface area contributed by atoms with Crippen LogP contribution in [-0.4, -0.2) is 39.1 Å². The minimum atomic E-state index is -0.938. The molecule has 1 amide bonds. The molecule has 0 spiro atoms. The van der Waals surface area contributed by atoms with Gasteiger partial charge in [-0.05, 0) is 51.7 Å². The molecular formula is C19H25N3O3. The number of hydrogen-bond acceptors (Lipinski definition) is 5. The summed E-state index contributed by atoms with van der Waals surface area (Å²) in [6.07, 6.45) is 3.87. The Morgan fingerprint density at radius 1 is 1.28 bits per heavy atom. The summed E-state index contributed by atoms with van der Waals surface area (Å²) in [6.45, 7) is 6.83. The fourth-order valence-corrected chi connectivity index (χ4v) is 3.37. The van der Waals surface area contributed by atoms with E-state index in [-0.39, 0.29) is 5.91 Å². The van der Waals surface area contributed by atoms with Gasteiger partial charge in [0.1, 0.15) is 11.4 Å². The van der Waals surface area contributed by atoms with E-state index >= 15 is 0 Å². The van der Waals surface area contributed by atoms with Gasteiger partial charge >= 0.3 is 0 Å². The first-order valence-electron chi connectivity index (χ1n) is 8.74. The first-order valence-corrected chi connectivity index (χ1v) is 8.74. The predicted octanol–water partition coefficient (Wildman–Crippen LogP) is 2.44. The predicted molar refractivity (Wildman–Crippen MR) is 93.0 cm³/mol. The Morgan fingerprint density at radius 2 is 2.00 bits per heavy atom. The van der Waals surface area contributed by atoms with Gasteiger partial charge in [0, 0.05) is 31.3 Å². The average molecular weight is 343 g/mol. The minimum Gasteiger partial charge on any atom is -0.383 e. The van der Waals surface area contributed by atoms with E-state index in [0.717, 1.165) is 22.6 Å². The van der Waals surface area contributed by atoms with Gasteiger partial charge in [-0.15, -0.1) is 0 Å². The van der Waals surface area contributed by atoms with Crippen molar-refractivity contribution in [3.8, 4) is 0 Å². The van der Waals surface area contributed by atoms with Crippen LogP contribution in [0.15, 0.2) is 22.9 Å². The molecule has 0 radical (unpaired) electrons. The molecule has 0 atom stereocenters. The van der Waals surface area contributed by atoms with Gasteiger partial charge < -0.3 is 14.5 Å². The van der Waals surface area contributed by atoms with Crippen molar-refractivity contribution in [1.82, 2.24) is 15.0 Å². The second-order valence-corrected chi connectivity index (χ2v) is 6.94. The topological polar surface area (TPSA) is 79.5 Å². The van der Waals surface area contributed by atoms with Gasteiger partial charge in [-0.1, -0.05) is 11.2 Å². The van der Waals surface area contributed by atoms with Crippen LogP contribution in [0.4, 0.5) is 0 Å². The summed E-state index contributed by atoms with van der Waals surface area (Å²) in [5.74, 6) is 0.891. The van der Waals surface area contributed by atoms with Crippen molar-refractivity contribution in [2.45, 2.75) is 52.1 Å². The lowest BCUT2D eigenvalue weighted by atomic mass is 9.87. The Hall–Kier alpha value is -2.21. The zero-order valence-electron chi connectivity index (χ0n) is 15.1. The number of piperidine rings is 1. The number of amides is 1. The maximum absolute atomic E-state index is 12.5. The van der Waals surface area contributed by atoms with Crippen LogP contribution in [-0.2, 0) is 16.8 Å². The summed E-state index contributed by atoms with van der Waals surface area (Å²) >= 11 is 0. The van der Waals surface area contributed by atoms with Gasteiger partial charge in [0.15, 0.2) is 0 Å². The maximum Gasteiger partial charge on any atom is 0.222 e. The molecule has 0 saturated carbocycles. The molecule has 1 fully saturated rings. The molecular weight excluding hydrogens is 318 g/mol. The number of nitrogens with zero attached hydrogens (tertiary/aromatic N) is 3. The Labute approximate surface area is 147 Å². The van der Waals surface area contributed by atoms with Crippen molar-refractivity contribution in [2.75, 3.05) is 13.1 Å². The van der Waals surface area contributed by atoms with Crippen molar-refractivity contribution in [3.05, 3.63) is 46.6 Å². The number of aliphatic hydroxyl groups is 1. The monoisotopic (exact) mass is 343 g/mol. The highest BCUT2D eigenvalue weighted by Gasteiger charge is 2.36. The van der Waals surface area contributed by atoms with E-state index in [1.54, 1.807) is 6.20 Å². The number of aromatic nitrogens is 2.